The van der Waals surface area contributed by atoms with E-state index in [1.54, 1.807) is 54.6 Å². The highest BCUT2D eigenvalue weighted by molar-refractivity contribution is 6.04. The highest BCUT2D eigenvalue weighted by atomic mass is 16.5. The van der Waals surface area contributed by atoms with Crippen LogP contribution in [0.3, 0.4) is 0 Å². The number of hydrogen-bond donors (Lipinski definition) is 1. The molecule has 0 radical (unpaired) electrons. The highest BCUT2D eigenvalue weighted by Crippen LogP contribution is 2.42. The van der Waals surface area contributed by atoms with Gasteiger partial charge >= 0.3 is 0 Å². The van der Waals surface area contributed by atoms with Crippen LogP contribution < -0.4 is 25.0 Å². The maximum Gasteiger partial charge on any atom is 0.255 e. The van der Waals surface area contributed by atoms with Gasteiger partial charge in [0.05, 0.1) is 21.3 Å². The van der Waals surface area contributed by atoms with Crippen LogP contribution in [-0.4, -0.2) is 27.2 Å². The third-order valence-electron chi connectivity index (χ3n) is 4.96. The molecule has 7 heteroatoms. The first kappa shape index (κ1) is 21.0. The van der Waals surface area contributed by atoms with Crippen molar-refractivity contribution in [3.63, 3.8) is 0 Å². The minimum Gasteiger partial charge on any atom is -0.493 e. The van der Waals surface area contributed by atoms with E-state index >= 15 is 0 Å². The minimum absolute atomic E-state index is 0.232. The molecule has 0 bridgehead atoms. The Balaban J connectivity index is 1.76. The van der Waals surface area contributed by atoms with Gasteiger partial charge in [-0.1, -0.05) is 30.3 Å². The molecule has 0 atom stereocenters. The number of anilines is 1. The van der Waals surface area contributed by atoms with Crippen molar-refractivity contribution in [2.24, 2.45) is 0 Å². The largest absolute Gasteiger partial charge is 0.493 e. The molecule has 32 heavy (non-hydrogen) atoms. The zero-order valence-electron chi connectivity index (χ0n) is 17.8. The summed E-state index contributed by atoms with van der Waals surface area (Å²) in [6.45, 7) is 0. The van der Waals surface area contributed by atoms with Crippen LogP contribution in [0.4, 0.5) is 5.69 Å². The first-order valence-electron chi connectivity index (χ1n) is 9.79. The van der Waals surface area contributed by atoms with E-state index in [1.807, 2.05) is 6.07 Å². The zero-order valence-corrected chi connectivity index (χ0v) is 17.8. The fourth-order valence-corrected chi connectivity index (χ4v) is 3.47. The number of carbonyl (C=O) groups excluding carboxylic acids is 1. The van der Waals surface area contributed by atoms with Crippen molar-refractivity contribution in [1.29, 1.82) is 0 Å². The second-order valence-electron chi connectivity index (χ2n) is 6.89. The third kappa shape index (κ3) is 3.88. The maximum absolute atomic E-state index is 13.0. The van der Waals surface area contributed by atoms with Gasteiger partial charge in [-0.05, 0) is 24.3 Å². The normalized spacial score (nSPS) is 10.6. The second-order valence-corrected chi connectivity index (χ2v) is 6.89. The highest BCUT2D eigenvalue weighted by Gasteiger charge is 2.21. The number of rotatable bonds is 6. The van der Waals surface area contributed by atoms with E-state index in [0.29, 0.717) is 39.7 Å². The quantitative estimate of drug-likeness (QED) is 0.475. The minimum atomic E-state index is -0.294. The summed E-state index contributed by atoms with van der Waals surface area (Å²) in [5, 5.41) is 3.11. The number of amides is 1. The van der Waals surface area contributed by atoms with Gasteiger partial charge in [0.15, 0.2) is 16.9 Å². The van der Waals surface area contributed by atoms with Crippen LogP contribution in [-0.2, 0) is 0 Å². The lowest BCUT2D eigenvalue weighted by Crippen LogP contribution is -2.11. The number of ether oxygens (including phenoxy) is 3. The number of methoxy groups -OCH3 is 3. The van der Waals surface area contributed by atoms with Gasteiger partial charge in [0.1, 0.15) is 16.7 Å². The molecule has 0 aliphatic rings. The molecule has 162 valence electrons. The van der Waals surface area contributed by atoms with Gasteiger partial charge in [-0.25, -0.2) is 0 Å². The monoisotopic (exact) mass is 431 g/mol. The Hall–Kier alpha value is -4.26. The Morgan fingerprint density at radius 3 is 2.28 bits per heavy atom. The van der Waals surface area contributed by atoms with E-state index < -0.39 is 0 Å². The smallest absolute Gasteiger partial charge is 0.255 e. The van der Waals surface area contributed by atoms with Crippen LogP contribution in [0.1, 0.15) is 10.4 Å². The molecule has 0 saturated heterocycles. The van der Waals surface area contributed by atoms with Gasteiger partial charge in [0.2, 0.25) is 5.75 Å². The zero-order chi connectivity index (χ0) is 22.7. The molecule has 1 N–H and O–H groups in total. The summed E-state index contributed by atoms with van der Waals surface area (Å²) in [4.78, 5) is 25.4. The van der Waals surface area contributed by atoms with Crippen LogP contribution >= 0.6 is 0 Å². The van der Waals surface area contributed by atoms with E-state index in [9.17, 15) is 9.59 Å². The number of fused-ring (bicyclic) bond motifs is 1. The number of nitrogens with one attached hydrogen (secondary N) is 1. The van der Waals surface area contributed by atoms with Gasteiger partial charge in [-0.3, -0.25) is 9.59 Å². The maximum atomic E-state index is 13.0. The molecule has 1 amide bonds. The van der Waals surface area contributed by atoms with Crippen molar-refractivity contribution in [1.82, 2.24) is 0 Å². The molecule has 0 fully saturated rings. The number of carbonyl (C=O) groups is 1. The summed E-state index contributed by atoms with van der Waals surface area (Å²) >= 11 is 0. The summed E-state index contributed by atoms with van der Waals surface area (Å²) < 4.78 is 22.2. The molecule has 4 aromatic rings. The van der Waals surface area contributed by atoms with Gasteiger partial charge in [-0.2, -0.15) is 0 Å². The molecule has 4 rings (SSSR count). The molecular weight excluding hydrogens is 410 g/mol. The Kier molecular flexibility index (Phi) is 5.81. The van der Waals surface area contributed by atoms with Crippen molar-refractivity contribution in [2.45, 2.75) is 0 Å². The van der Waals surface area contributed by atoms with Gasteiger partial charge in [-0.15, -0.1) is 0 Å². The predicted molar refractivity (Wildman–Crippen MR) is 122 cm³/mol. The molecule has 0 spiro atoms. The molecular formula is C25H21NO6. The van der Waals surface area contributed by atoms with Crippen molar-refractivity contribution in [2.75, 3.05) is 26.6 Å². The molecule has 7 nitrogen and oxygen atoms in total. The lowest BCUT2D eigenvalue weighted by Gasteiger charge is -2.14. The molecule has 0 unspecified atom stereocenters. The van der Waals surface area contributed by atoms with E-state index in [4.69, 9.17) is 18.6 Å². The fraction of sp³-hybridized carbons (Fsp3) is 0.120. The SMILES string of the molecule is COc1cc2oc(-c3cccc(NC(=O)c4ccccc4)c3)cc(=O)c2c(OC)c1OC. The topological polar surface area (TPSA) is 87.0 Å². The number of benzene rings is 3. The molecule has 0 aliphatic carbocycles. The van der Waals surface area contributed by atoms with E-state index in [-0.39, 0.29) is 22.5 Å². The number of hydrogen-bond acceptors (Lipinski definition) is 6. The summed E-state index contributed by atoms with van der Waals surface area (Å²) in [6.07, 6.45) is 0. The summed E-state index contributed by atoms with van der Waals surface area (Å²) in [6, 6.07) is 18.9. The Morgan fingerprint density at radius 1 is 0.844 bits per heavy atom. The van der Waals surface area contributed by atoms with E-state index in [0.717, 1.165) is 0 Å². The average Bonchev–Trinajstić information content (AvgIpc) is 2.83. The fourth-order valence-electron chi connectivity index (χ4n) is 3.47. The van der Waals surface area contributed by atoms with Crippen molar-refractivity contribution in [3.8, 4) is 28.6 Å². The lowest BCUT2D eigenvalue weighted by atomic mass is 10.1. The van der Waals surface area contributed by atoms with Crippen LogP contribution in [0.2, 0.25) is 0 Å². The van der Waals surface area contributed by atoms with Gasteiger partial charge in [0, 0.05) is 28.9 Å². The first-order valence-corrected chi connectivity index (χ1v) is 9.79. The average molecular weight is 431 g/mol. The van der Waals surface area contributed by atoms with Gasteiger partial charge in [0.25, 0.3) is 5.91 Å². The summed E-state index contributed by atoms with van der Waals surface area (Å²) in [7, 11) is 4.41. The van der Waals surface area contributed by atoms with Crippen LogP contribution in [0.25, 0.3) is 22.3 Å². The predicted octanol–water partition coefficient (Wildman–Crippen LogP) is 4.74. The molecule has 0 saturated carbocycles. The molecule has 1 heterocycles. The van der Waals surface area contributed by atoms with Crippen LogP contribution in [0.5, 0.6) is 17.2 Å². The molecule has 3 aromatic carbocycles. The summed E-state index contributed by atoms with van der Waals surface area (Å²) in [5.41, 5.74) is 1.74. The standard InChI is InChI=1S/C25H21NO6/c1-29-21-14-20-22(24(31-3)23(21)30-2)18(27)13-19(32-20)16-10-7-11-17(12-16)26-25(28)15-8-5-4-6-9-15/h4-14H,1-3H3,(H,26,28). The van der Waals surface area contributed by atoms with Crippen molar-refractivity contribution >= 4 is 22.6 Å². The van der Waals surface area contributed by atoms with Crippen molar-refractivity contribution in [3.05, 3.63) is 82.5 Å². The van der Waals surface area contributed by atoms with E-state index in [1.165, 1.54) is 27.4 Å². The summed E-state index contributed by atoms with van der Waals surface area (Å²) in [5.74, 6) is 1.04. The van der Waals surface area contributed by atoms with Crippen LogP contribution in [0, 0.1) is 0 Å². The van der Waals surface area contributed by atoms with Crippen LogP contribution in [0.15, 0.2) is 75.9 Å². The second kappa shape index (κ2) is 8.85. The van der Waals surface area contributed by atoms with Crippen molar-refractivity contribution < 1.29 is 23.4 Å². The molecule has 0 aliphatic heterocycles. The van der Waals surface area contributed by atoms with E-state index in [2.05, 4.69) is 5.32 Å². The Morgan fingerprint density at radius 2 is 1.59 bits per heavy atom. The molecule has 1 aromatic heterocycles. The third-order valence-corrected chi connectivity index (χ3v) is 4.96. The lowest BCUT2D eigenvalue weighted by molar-refractivity contribution is 0.102. The first-order chi connectivity index (χ1) is 15.5. The van der Waals surface area contributed by atoms with Gasteiger partial charge < -0.3 is 23.9 Å². The Bertz CT molecular complexity index is 1340. The Labute approximate surface area is 184 Å².